The third-order valence-corrected chi connectivity index (χ3v) is 6.97. The lowest BCUT2D eigenvalue weighted by atomic mass is 10.1. The molecule has 0 bridgehead atoms. The van der Waals surface area contributed by atoms with E-state index in [1.165, 1.54) is 57.7 Å². The first-order valence-electron chi connectivity index (χ1n) is 12.2. The van der Waals surface area contributed by atoms with E-state index in [1.807, 2.05) is 0 Å². The predicted molar refractivity (Wildman–Crippen MR) is 142 cm³/mol. The van der Waals surface area contributed by atoms with E-state index in [2.05, 4.69) is 101 Å². The van der Waals surface area contributed by atoms with E-state index in [-0.39, 0.29) is 0 Å². The van der Waals surface area contributed by atoms with Gasteiger partial charge >= 0.3 is 0 Å². The van der Waals surface area contributed by atoms with E-state index in [0.717, 1.165) is 30.8 Å². The highest BCUT2D eigenvalue weighted by Gasteiger charge is 2.15. The van der Waals surface area contributed by atoms with Crippen molar-refractivity contribution in [1.29, 1.82) is 0 Å². The summed E-state index contributed by atoms with van der Waals surface area (Å²) < 4.78 is 2.40. The van der Waals surface area contributed by atoms with Crippen LogP contribution in [0.4, 0.5) is 5.69 Å². The summed E-state index contributed by atoms with van der Waals surface area (Å²) in [5, 5.41) is 3.89. The van der Waals surface area contributed by atoms with Gasteiger partial charge in [-0.15, -0.1) is 0 Å². The Kier molecular flexibility index (Phi) is 5.10. The molecule has 1 aliphatic heterocycles. The Bertz CT molecular complexity index is 1490. The zero-order valence-electron chi connectivity index (χ0n) is 19.2. The zero-order valence-corrected chi connectivity index (χ0v) is 19.2. The Hall–Kier alpha value is -3.59. The van der Waals surface area contributed by atoms with Gasteiger partial charge in [0.15, 0.2) is 0 Å². The van der Waals surface area contributed by atoms with Crippen LogP contribution >= 0.6 is 0 Å². The van der Waals surface area contributed by atoms with Crippen LogP contribution in [0, 0.1) is 0 Å². The molecule has 2 aromatic heterocycles. The molecule has 0 N–H and O–H groups in total. The maximum absolute atomic E-state index is 4.96. The molecule has 164 valence electrons. The Balaban J connectivity index is 1.41. The highest BCUT2D eigenvalue weighted by Crippen LogP contribution is 2.32. The molecule has 0 unspecified atom stereocenters. The number of pyridine rings is 1. The maximum Gasteiger partial charge on any atom is 0.0730 e. The molecule has 0 saturated carbocycles. The summed E-state index contributed by atoms with van der Waals surface area (Å²) in [5.41, 5.74) is 7.22. The molecule has 3 heteroatoms. The number of para-hydroxylation sites is 2. The predicted octanol–water partition coefficient (Wildman–Crippen LogP) is 7.52. The van der Waals surface area contributed by atoms with E-state index >= 15 is 0 Å². The lowest BCUT2D eigenvalue weighted by Crippen LogP contribution is -2.29. The average Bonchev–Trinajstić information content (AvgIpc) is 3.20. The molecular formula is C30H29N3. The summed E-state index contributed by atoms with van der Waals surface area (Å²) in [5.74, 6) is 0. The van der Waals surface area contributed by atoms with Crippen molar-refractivity contribution in [1.82, 2.24) is 9.55 Å². The van der Waals surface area contributed by atoms with Crippen molar-refractivity contribution < 1.29 is 0 Å². The number of aryl methyl sites for hydroxylation is 1. The van der Waals surface area contributed by atoms with Gasteiger partial charge in [-0.2, -0.15) is 0 Å². The van der Waals surface area contributed by atoms with E-state index < -0.39 is 0 Å². The van der Waals surface area contributed by atoms with Crippen molar-refractivity contribution in [3.63, 3.8) is 0 Å². The third kappa shape index (κ3) is 3.58. The van der Waals surface area contributed by atoms with Crippen molar-refractivity contribution in [3.8, 4) is 0 Å². The molecule has 1 fully saturated rings. The second-order valence-corrected chi connectivity index (χ2v) is 9.00. The van der Waals surface area contributed by atoms with Crippen molar-refractivity contribution in [2.24, 2.45) is 0 Å². The van der Waals surface area contributed by atoms with Gasteiger partial charge < -0.3 is 9.47 Å². The molecule has 1 aliphatic rings. The molecule has 0 spiro atoms. The largest absolute Gasteiger partial charge is 0.371 e. The molecule has 6 rings (SSSR count). The van der Waals surface area contributed by atoms with Gasteiger partial charge in [-0.25, -0.2) is 4.98 Å². The first-order valence-corrected chi connectivity index (χ1v) is 12.2. The van der Waals surface area contributed by atoms with Gasteiger partial charge in [0.25, 0.3) is 0 Å². The van der Waals surface area contributed by atoms with E-state index in [9.17, 15) is 0 Å². The molecular weight excluding hydrogens is 402 g/mol. The van der Waals surface area contributed by atoms with Crippen LogP contribution in [0.3, 0.4) is 0 Å². The molecule has 1 saturated heterocycles. The van der Waals surface area contributed by atoms with Crippen LogP contribution in [0.1, 0.15) is 37.4 Å². The minimum absolute atomic E-state index is 0.972. The van der Waals surface area contributed by atoms with Gasteiger partial charge in [0.05, 0.1) is 11.2 Å². The summed E-state index contributed by atoms with van der Waals surface area (Å²) in [7, 11) is 0. The third-order valence-electron chi connectivity index (χ3n) is 6.97. The number of benzene rings is 3. The molecule has 0 aliphatic carbocycles. The molecule has 0 amide bonds. The quantitative estimate of drug-likeness (QED) is 0.293. The van der Waals surface area contributed by atoms with Gasteiger partial charge in [-0.1, -0.05) is 48.5 Å². The summed E-state index contributed by atoms with van der Waals surface area (Å²) in [4.78, 5) is 7.50. The summed E-state index contributed by atoms with van der Waals surface area (Å²) >= 11 is 0. The summed E-state index contributed by atoms with van der Waals surface area (Å²) in [6, 6.07) is 26.3. The standard InChI is InChI=1S/C30H29N3/c1-2-33-28-13-7-5-10-24(28)26-20-22(15-17-29(26)33)14-16-23-21-30(32-18-8-3-9-19-32)25-11-4-6-12-27(25)31-23/h4-7,10-17,20-21H,2-3,8-9,18-19H2,1H3/b16-14+. The molecule has 33 heavy (non-hydrogen) atoms. The van der Waals surface area contributed by atoms with Gasteiger partial charge in [-0.05, 0) is 68.2 Å². The van der Waals surface area contributed by atoms with Crippen LogP contribution < -0.4 is 4.90 Å². The number of nitrogens with zero attached hydrogens (tertiary/aromatic N) is 3. The average molecular weight is 432 g/mol. The lowest BCUT2D eigenvalue weighted by Gasteiger charge is -2.30. The number of hydrogen-bond acceptors (Lipinski definition) is 2. The fourth-order valence-electron chi connectivity index (χ4n) is 5.36. The Morgan fingerprint density at radius 1 is 0.758 bits per heavy atom. The molecule has 3 heterocycles. The highest BCUT2D eigenvalue weighted by atomic mass is 15.1. The first-order chi connectivity index (χ1) is 16.3. The molecule has 5 aromatic rings. The fourth-order valence-corrected chi connectivity index (χ4v) is 5.36. The van der Waals surface area contributed by atoms with E-state index in [1.54, 1.807) is 0 Å². The van der Waals surface area contributed by atoms with Gasteiger partial charge in [0, 0.05) is 52.5 Å². The molecule has 0 atom stereocenters. The SMILES string of the molecule is CCn1c2ccccc2c2cc(/C=C/c3cc(N4CCCCC4)c4ccccc4n3)ccc21. The van der Waals surface area contributed by atoms with Crippen LogP contribution in [-0.4, -0.2) is 22.6 Å². The van der Waals surface area contributed by atoms with Crippen LogP contribution in [-0.2, 0) is 6.54 Å². The molecule has 3 nitrogen and oxygen atoms in total. The van der Waals surface area contributed by atoms with Gasteiger partial charge in [0.1, 0.15) is 0 Å². The Labute approximate surface area is 195 Å². The van der Waals surface area contributed by atoms with Gasteiger partial charge in [0.2, 0.25) is 0 Å². The summed E-state index contributed by atoms with van der Waals surface area (Å²) in [6.45, 7) is 5.45. The number of fused-ring (bicyclic) bond motifs is 4. The van der Waals surface area contributed by atoms with Crippen molar-refractivity contribution >= 4 is 50.5 Å². The second kappa shape index (κ2) is 8.40. The van der Waals surface area contributed by atoms with Crippen LogP contribution in [0.15, 0.2) is 72.8 Å². The first kappa shape index (κ1) is 20.0. The summed E-state index contributed by atoms with van der Waals surface area (Å²) in [6.07, 6.45) is 8.25. The number of aromatic nitrogens is 2. The zero-order chi connectivity index (χ0) is 22.2. The number of hydrogen-bond donors (Lipinski definition) is 0. The highest BCUT2D eigenvalue weighted by molar-refractivity contribution is 6.08. The van der Waals surface area contributed by atoms with Crippen LogP contribution in [0.25, 0.3) is 44.9 Å². The van der Waals surface area contributed by atoms with E-state index in [4.69, 9.17) is 4.98 Å². The van der Waals surface area contributed by atoms with E-state index in [0.29, 0.717) is 0 Å². The number of piperidine rings is 1. The number of anilines is 1. The molecule has 3 aromatic carbocycles. The van der Waals surface area contributed by atoms with Gasteiger partial charge in [-0.3, -0.25) is 0 Å². The smallest absolute Gasteiger partial charge is 0.0730 e. The minimum Gasteiger partial charge on any atom is -0.371 e. The lowest BCUT2D eigenvalue weighted by molar-refractivity contribution is 0.579. The Morgan fingerprint density at radius 2 is 1.52 bits per heavy atom. The normalized spacial score (nSPS) is 14.8. The monoisotopic (exact) mass is 431 g/mol. The maximum atomic E-state index is 4.96. The molecule has 0 radical (unpaired) electrons. The minimum atomic E-state index is 0.972. The fraction of sp³-hybridized carbons (Fsp3) is 0.233. The Morgan fingerprint density at radius 3 is 2.36 bits per heavy atom. The van der Waals surface area contributed by atoms with Crippen molar-refractivity contribution in [2.45, 2.75) is 32.7 Å². The second-order valence-electron chi connectivity index (χ2n) is 9.00. The number of rotatable bonds is 4. The van der Waals surface area contributed by atoms with Crippen LogP contribution in [0.2, 0.25) is 0 Å². The van der Waals surface area contributed by atoms with Crippen molar-refractivity contribution in [2.75, 3.05) is 18.0 Å². The van der Waals surface area contributed by atoms with Crippen molar-refractivity contribution in [3.05, 3.63) is 84.1 Å². The topological polar surface area (TPSA) is 21.1 Å². The van der Waals surface area contributed by atoms with Crippen LogP contribution in [0.5, 0.6) is 0 Å².